The van der Waals surface area contributed by atoms with Gasteiger partial charge in [-0.05, 0) is 18.2 Å². The molecule has 0 aliphatic carbocycles. The number of carbonyl (C=O) groups is 1. The molecule has 0 radical (unpaired) electrons. The van der Waals surface area contributed by atoms with E-state index in [0.717, 1.165) is 0 Å². The molecule has 0 fully saturated rings. The highest BCUT2D eigenvalue weighted by Crippen LogP contribution is 2.30. The minimum absolute atomic E-state index is 0.0236. The molecule has 0 atom stereocenters. The average molecular weight is 287 g/mol. The lowest BCUT2D eigenvalue weighted by Crippen LogP contribution is -2.05. The van der Waals surface area contributed by atoms with Crippen LogP contribution in [0, 0.1) is 10.1 Å². The molecular weight excluding hydrogens is 274 g/mol. The lowest BCUT2D eigenvalue weighted by atomic mass is 10.2. The van der Waals surface area contributed by atoms with E-state index in [1.165, 1.54) is 25.1 Å². The number of ether oxygens (including phenoxy) is 1. The largest absolute Gasteiger partial charge is 0.457 e. The third-order valence-electron chi connectivity index (χ3n) is 2.59. The highest BCUT2D eigenvalue weighted by atomic mass is 16.6. The second-order valence-electron chi connectivity index (χ2n) is 4.29. The van der Waals surface area contributed by atoms with Gasteiger partial charge in [0.15, 0.2) is 0 Å². The summed E-state index contributed by atoms with van der Waals surface area (Å²) in [6, 6.07) is 10.9. The zero-order valence-electron chi connectivity index (χ0n) is 11.2. The molecule has 0 aliphatic heterocycles. The number of hydrogen-bond acceptors (Lipinski definition) is 5. The summed E-state index contributed by atoms with van der Waals surface area (Å²) in [5, 5.41) is 13.3. The number of nitrogen functional groups attached to an aromatic ring is 1. The first-order chi connectivity index (χ1) is 9.95. The van der Waals surface area contributed by atoms with E-state index in [2.05, 4.69) is 5.32 Å². The fourth-order valence-electron chi connectivity index (χ4n) is 1.74. The molecule has 0 bridgehead atoms. The minimum atomic E-state index is -0.559. The number of hydrogen-bond donors (Lipinski definition) is 2. The van der Waals surface area contributed by atoms with Crippen LogP contribution in [0.2, 0.25) is 0 Å². The van der Waals surface area contributed by atoms with Crippen LogP contribution in [0.3, 0.4) is 0 Å². The molecule has 7 nitrogen and oxygen atoms in total. The number of carbonyl (C=O) groups excluding carboxylic acids is 1. The molecule has 0 saturated heterocycles. The van der Waals surface area contributed by atoms with E-state index in [4.69, 9.17) is 10.5 Å². The summed E-state index contributed by atoms with van der Waals surface area (Å²) in [5.74, 6) is 0.666. The van der Waals surface area contributed by atoms with Crippen molar-refractivity contribution in [2.45, 2.75) is 6.92 Å². The van der Waals surface area contributed by atoms with E-state index in [1.807, 2.05) is 0 Å². The van der Waals surface area contributed by atoms with Crippen molar-refractivity contribution in [1.29, 1.82) is 0 Å². The Morgan fingerprint density at radius 1 is 1.24 bits per heavy atom. The van der Waals surface area contributed by atoms with Gasteiger partial charge in [0.25, 0.3) is 5.69 Å². The number of anilines is 2. The smallest absolute Gasteiger partial charge is 0.292 e. The number of nitrogens with two attached hydrogens (primary N) is 1. The van der Waals surface area contributed by atoms with Gasteiger partial charge in [-0.15, -0.1) is 0 Å². The van der Waals surface area contributed by atoms with Crippen molar-refractivity contribution in [3.05, 3.63) is 52.6 Å². The van der Waals surface area contributed by atoms with Crippen molar-refractivity contribution in [2.24, 2.45) is 0 Å². The maximum Gasteiger partial charge on any atom is 0.292 e. The van der Waals surface area contributed by atoms with Gasteiger partial charge < -0.3 is 15.8 Å². The van der Waals surface area contributed by atoms with Crippen LogP contribution in [-0.2, 0) is 4.79 Å². The Labute approximate surface area is 120 Å². The summed E-state index contributed by atoms with van der Waals surface area (Å²) in [5.41, 5.74) is 6.04. The summed E-state index contributed by atoms with van der Waals surface area (Å²) >= 11 is 0. The molecular formula is C14H13N3O4. The lowest BCUT2D eigenvalue weighted by molar-refractivity contribution is -0.383. The third-order valence-corrected chi connectivity index (χ3v) is 2.59. The first kappa shape index (κ1) is 14.3. The normalized spacial score (nSPS) is 9.95. The second kappa shape index (κ2) is 5.91. The fraction of sp³-hybridized carbons (Fsp3) is 0.0714. The van der Waals surface area contributed by atoms with Gasteiger partial charge in [-0.25, -0.2) is 0 Å². The van der Waals surface area contributed by atoms with Crippen molar-refractivity contribution in [1.82, 2.24) is 0 Å². The van der Waals surface area contributed by atoms with E-state index in [1.54, 1.807) is 24.3 Å². The molecule has 0 unspecified atom stereocenters. The Balaban J connectivity index is 2.20. The summed E-state index contributed by atoms with van der Waals surface area (Å²) in [4.78, 5) is 21.1. The summed E-state index contributed by atoms with van der Waals surface area (Å²) in [6.45, 7) is 1.41. The fourth-order valence-corrected chi connectivity index (χ4v) is 1.74. The molecule has 21 heavy (non-hydrogen) atoms. The predicted octanol–water partition coefficient (Wildman–Crippen LogP) is 2.93. The minimum Gasteiger partial charge on any atom is -0.457 e. The SMILES string of the molecule is CC(=O)Nc1cccc(Oc2ccc([N+](=O)[O-])c(N)c2)c1. The van der Waals surface area contributed by atoms with Crippen molar-refractivity contribution in [3.8, 4) is 11.5 Å². The predicted molar refractivity (Wildman–Crippen MR) is 78.3 cm³/mol. The van der Waals surface area contributed by atoms with Gasteiger partial charge in [-0.1, -0.05) is 6.07 Å². The number of rotatable bonds is 4. The third kappa shape index (κ3) is 3.69. The lowest BCUT2D eigenvalue weighted by Gasteiger charge is -2.08. The maximum atomic E-state index is 11.0. The van der Waals surface area contributed by atoms with Crippen molar-refractivity contribution >= 4 is 23.0 Å². The summed E-state index contributed by atoms with van der Waals surface area (Å²) < 4.78 is 5.56. The first-order valence-electron chi connectivity index (χ1n) is 6.05. The van der Waals surface area contributed by atoms with Crippen molar-refractivity contribution < 1.29 is 14.5 Å². The molecule has 0 aliphatic rings. The zero-order chi connectivity index (χ0) is 15.4. The van der Waals surface area contributed by atoms with Crippen LogP contribution in [0.15, 0.2) is 42.5 Å². The molecule has 7 heteroatoms. The summed E-state index contributed by atoms with van der Waals surface area (Å²) in [7, 11) is 0. The standard InChI is InChI=1S/C14H13N3O4/c1-9(18)16-10-3-2-4-11(7-10)21-12-5-6-14(17(19)20)13(15)8-12/h2-8H,15H2,1H3,(H,16,18). The topological polar surface area (TPSA) is 107 Å². The molecule has 0 heterocycles. The molecule has 3 N–H and O–H groups in total. The summed E-state index contributed by atoms with van der Waals surface area (Å²) in [6.07, 6.45) is 0. The Morgan fingerprint density at radius 3 is 2.57 bits per heavy atom. The number of nitro benzene ring substituents is 1. The first-order valence-corrected chi connectivity index (χ1v) is 6.05. The van der Waals surface area contributed by atoms with Crippen LogP contribution in [-0.4, -0.2) is 10.8 Å². The van der Waals surface area contributed by atoms with E-state index in [-0.39, 0.29) is 17.3 Å². The number of amides is 1. The van der Waals surface area contributed by atoms with Crippen LogP contribution in [0.1, 0.15) is 6.92 Å². The monoisotopic (exact) mass is 287 g/mol. The van der Waals surface area contributed by atoms with E-state index < -0.39 is 4.92 Å². The molecule has 2 aromatic rings. The zero-order valence-corrected chi connectivity index (χ0v) is 11.2. The molecule has 0 saturated carbocycles. The Kier molecular flexibility index (Phi) is 4.03. The molecule has 2 aromatic carbocycles. The van der Waals surface area contributed by atoms with Crippen LogP contribution in [0.25, 0.3) is 0 Å². The number of nitrogens with zero attached hydrogens (tertiary/aromatic N) is 1. The quantitative estimate of drug-likeness (QED) is 0.510. The van der Waals surface area contributed by atoms with E-state index >= 15 is 0 Å². The Hall–Kier alpha value is -3.09. The average Bonchev–Trinajstić information content (AvgIpc) is 2.37. The molecule has 1 amide bonds. The van der Waals surface area contributed by atoms with Crippen LogP contribution in [0.4, 0.5) is 17.1 Å². The number of nitro groups is 1. The van der Waals surface area contributed by atoms with Crippen LogP contribution in [0.5, 0.6) is 11.5 Å². The van der Waals surface area contributed by atoms with Crippen molar-refractivity contribution in [2.75, 3.05) is 11.1 Å². The van der Waals surface area contributed by atoms with Gasteiger partial charge >= 0.3 is 0 Å². The van der Waals surface area contributed by atoms with E-state index in [9.17, 15) is 14.9 Å². The van der Waals surface area contributed by atoms with Gasteiger partial charge in [-0.2, -0.15) is 0 Å². The van der Waals surface area contributed by atoms with Gasteiger partial charge in [0.05, 0.1) is 4.92 Å². The van der Waals surface area contributed by atoms with Gasteiger partial charge in [0.1, 0.15) is 17.2 Å². The van der Waals surface area contributed by atoms with Crippen molar-refractivity contribution in [3.63, 3.8) is 0 Å². The van der Waals surface area contributed by atoms with Crippen LogP contribution < -0.4 is 15.8 Å². The second-order valence-corrected chi connectivity index (χ2v) is 4.29. The Morgan fingerprint density at radius 2 is 1.95 bits per heavy atom. The Bertz CT molecular complexity index is 700. The maximum absolute atomic E-state index is 11.0. The van der Waals surface area contributed by atoms with Crippen LogP contribution >= 0.6 is 0 Å². The molecule has 0 spiro atoms. The number of nitrogens with one attached hydrogen (secondary N) is 1. The molecule has 108 valence electrons. The van der Waals surface area contributed by atoms with Gasteiger partial charge in [-0.3, -0.25) is 14.9 Å². The number of benzene rings is 2. The van der Waals surface area contributed by atoms with Gasteiger partial charge in [0.2, 0.25) is 5.91 Å². The van der Waals surface area contributed by atoms with E-state index in [0.29, 0.717) is 17.2 Å². The molecule has 2 rings (SSSR count). The van der Waals surface area contributed by atoms with Gasteiger partial charge in [0, 0.05) is 30.8 Å². The highest BCUT2D eigenvalue weighted by molar-refractivity contribution is 5.88. The molecule has 0 aromatic heterocycles. The highest BCUT2D eigenvalue weighted by Gasteiger charge is 2.12.